The molecule has 2 aromatic rings. The summed E-state index contributed by atoms with van der Waals surface area (Å²) in [7, 11) is 0. The zero-order chi connectivity index (χ0) is 17.1. The van der Waals surface area contributed by atoms with Gasteiger partial charge in [-0.25, -0.2) is 0 Å². The summed E-state index contributed by atoms with van der Waals surface area (Å²) in [6.07, 6.45) is 3.73. The first-order chi connectivity index (χ1) is 11.6. The van der Waals surface area contributed by atoms with E-state index in [2.05, 4.69) is 20.8 Å². The third-order valence-electron chi connectivity index (χ3n) is 3.94. The highest BCUT2D eigenvalue weighted by Gasteiger charge is 2.23. The summed E-state index contributed by atoms with van der Waals surface area (Å²) in [4.78, 5) is 24.7. The Kier molecular flexibility index (Phi) is 4.29. The van der Waals surface area contributed by atoms with E-state index in [1.54, 1.807) is 19.1 Å². The Bertz CT molecular complexity index is 816. The topological polar surface area (TPSA) is 111 Å². The molecule has 122 valence electrons. The summed E-state index contributed by atoms with van der Waals surface area (Å²) in [5.41, 5.74) is 2.02. The number of rotatable bonds is 5. The molecule has 0 spiro atoms. The fourth-order valence-corrected chi connectivity index (χ4v) is 2.41. The lowest BCUT2D eigenvalue weighted by atomic mass is 10.0. The number of hydrogen-bond acceptors (Lipinski definition) is 4. The minimum absolute atomic E-state index is 0.290. The van der Waals surface area contributed by atoms with Gasteiger partial charge in [-0.3, -0.25) is 14.7 Å². The van der Waals surface area contributed by atoms with Gasteiger partial charge in [0.1, 0.15) is 5.69 Å². The van der Waals surface area contributed by atoms with Crippen molar-refractivity contribution in [3.63, 3.8) is 0 Å². The number of aromatic nitrogens is 2. The molecule has 1 aromatic carbocycles. The van der Waals surface area contributed by atoms with E-state index in [0.717, 1.165) is 12.8 Å². The lowest BCUT2D eigenvalue weighted by Crippen LogP contribution is -2.27. The number of nitriles is 1. The van der Waals surface area contributed by atoms with Crippen molar-refractivity contribution in [2.75, 3.05) is 11.9 Å². The molecule has 0 radical (unpaired) electrons. The number of H-pyrrole nitrogens is 1. The molecular weight excluding hydrogens is 306 g/mol. The molecule has 1 fully saturated rings. The highest BCUT2D eigenvalue weighted by Crippen LogP contribution is 2.28. The number of aryl methyl sites for hydroxylation is 1. The first-order valence-electron chi connectivity index (χ1n) is 7.72. The van der Waals surface area contributed by atoms with Crippen LogP contribution >= 0.6 is 0 Å². The second kappa shape index (κ2) is 6.54. The van der Waals surface area contributed by atoms with Crippen molar-refractivity contribution < 1.29 is 9.59 Å². The molecule has 0 saturated heterocycles. The van der Waals surface area contributed by atoms with Crippen molar-refractivity contribution in [1.29, 1.82) is 5.26 Å². The van der Waals surface area contributed by atoms with Crippen molar-refractivity contribution in [3.05, 3.63) is 46.8 Å². The zero-order valence-electron chi connectivity index (χ0n) is 13.2. The molecule has 1 saturated carbocycles. The van der Waals surface area contributed by atoms with Gasteiger partial charge < -0.3 is 10.6 Å². The van der Waals surface area contributed by atoms with Gasteiger partial charge in [-0.15, -0.1) is 0 Å². The molecule has 1 aliphatic carbocycles. The molecule has 3 rings (SSSR count). The number of carbonyl (C=O) groups is 2. The van der Waals surface area contributed by atoms with Crippen molar-refractivity contribution in [2.24, 2.45) is 5.92 Å². The van der Waals surface area contributed by atoms with Gasteiger partial charge in [-0.1, -0.05) is 0 Å². The maximum absolute atomic E-state index is 12.5. The number of nitrogens with one attached hydrogen (secondary N) is 3. The molecule has 1 aliphatic rings. The summed E-state index contributed by atoms with van der Waals surface area (Å²) in [6.45, 7) is 2.36. The second-order valence-corrected chi connectivity index (χ2v) is 5.91. The van der Waals surface area contributed by atoms with Crippen molar-refractivity contribution in [2.45, 2.75) is 19.8 Å². The summed E-state index contributed by atoms with van der Waals surface area (Å²) in [6, 6.07) is 6.72. The lowest BCUT2D eigenvalue weighted by molar-refractivity contribution is 0.0952. The summed E-state index contributed by atoms with van der Waals surface area (Å²) < 4.78 is 0. The Morgan fingerprint density at radius 3 is 2.79 bits per heavy atom. The fourth-order valence-electron chi connectivity index (χ4n) is 2.41. The molecular formula is C17H17N5O2. The van der Waals surface area contributed by atoms with Gasteiger partial charge in [0.05, 0.1) is 22.9 Å². The number of carbonyl (C=O) groups excluding carboxylic acids is 2. The van der Waals surface area contributed by atoms with E-state index >= 15 is 0 Å². The van der Waals surface area contributed by atoms with E-state index in [1.165, 1.54) is 12.3 Å². The first-order valence-corrected chi connectivity index (χ1v) is 7.72. The maximum Gasteiger partial charge on any atom is 0.273 e. The van der Waals surface area contributed by atoms with Crippen molar-refractivity contribution in [1.82, 2.24) is 15.5 Å². The molecule has 0 aliphatic heterocycles. The summed E-state index contributed by atoms with van der Waals surface area (Å²) in [5.74, 6) is -0.143. The highest BCUT2D eigenvalue weighted by atomic mass is 16.2. The number of anilines is 1. The molecule has 7 nitrogen and oxygen atoms in total. The van der Waals surface area contributed by atoms with Gasteiger partial charge in [0.15, 0.2) is 0 Å². The number of benzene rings is 1. The largest absolute Gasteiger partial charge is 0.352 e. The van der Waals surface area contributed by atoms with Crippen LogP contribution in [-0.4, -0.2) is 28.6 Å². The third-order valence-corrected chi connectivity index (χ3v) is 3.94. The normalized spacial score (nSPS) is 13.2. The van der Waals surface area contributed by atoms with E-state index in [9.17, 15) is 9.59 Å². The van der Waals surface area contributed by atoms with Crippen LogP contribution in [0.25, 0.3) is 0 Å². The SMILES string of the molecule is Cc1cc(C#N)cc(C(=O)NCC2CC2)c1NC(=O)c1ccn[nH]1. The van der Waals surface area contributed by atoms with E-state index in [-0.39, 0.29) is 5.91 Å². The average molecular weight is 323 g/mol. The van der Waals surface area contributed by atoms with E-state index < -0.39 is 5.91 Å². The smallest absolute Gasteiger partial charge is 0.273 e. The second-order valence-electron chi connectivity index (χ2n) is 5.91. The van der Waals surface area contributed by atoms with Gasteiger partial charge >= 0.3 is 0 Å². The standard InChI is InChI=1S/C17H17N5O2/c1-10-6-12(8-18)7-13(16(23)19-9-11-2-3-11)15(10)21-17(24)14-4-5-20-22-14/h4-7,11H,2-3,9H2,1H3,(H,19,23)(H,20,22)(H,21,24). The maximum atomic E-state index is 12.5. The Morgan fingerprint density at radius 1 is 1.38 bits per heavy atom. The Hall–Kier alpha value is -3.14. The number of hydrogen-bond donors (Lipinski definition) is 3. The molecule has 0 bridgehead atoms. The van der Waals surface area contributed by atoms with Crippen LogP contribution in [-0.2, 0) is 0 Å². The van der Waals surface area contributed by atoms with Crippen LogP contribution in [0.4, 0.5) is 5.69 Å². The molecule has 1 heterocycles. The van der Waals surface area contributed by atoms with Gasteiger partial charge in [-0.2, -0.15) is 10.4 Å². The monoisotopic (exact) mass is 323 g/mol. The fraction of sp³-hybridized carbons (Fsp3) is 0.294. The van der Waals surface area contributed by atoms with Gasteiger partial charge in [0, 0.05) is 12.7 Å². The van der Waals surface area contributed by atoms with Crippen molar-refractivity contribution >= 4 is 17.5 Å². The van der Waals surface area contributed by atoms with E-state index in [0.29, 0.717) is 40.5 Å². The van der Waals surface area contributed by atoms with Crippen LogP contribution in [0.3, 0.4) is 0 Å². The molecule has 24 heavy (non-hydrogen) atoms. The molecule has 2 amide bonds. The van der Waals surface area contributed by atoms with Crippen LogP contribution in [0.1, 0.15) is 44.8 Å². The predicted octanol–water partition coefficient (Wildman–Crippen LogP) is 1.98. The molecule has 3 N–H and O–H groups in total. The lowest BCUT2D eigenvalue weighted by Gasteiger charge is -2.14. The van der Waals surface area contributed by atoms with Crippen LogP contribution in [0.5, 0.6) is 0 Å². The highest BCUT2D eigenvalue weighted by molar-refractivity contribution is 6.09. The summed E-state index contributed by atoms with van der Waals surface area (Å²) >= 11 is 0. The quantitative estimate of drug-likeness (QED) is 0.781. The minimum atomic E-state index is -0.392. The zero-order valence-corrected chi connectivity index (χ0v) is 13.2. The van der Waals surface area contributed by atoms with Gasteiger partial charge in [0.2, 0.25) is 0 Å². The number of nitrogens with zero attached hydrogens (tertiary/aromatic N) is 2. The number of amides is 2. The van der Waals surface area contributed by atoms with Gasteiger partial charge in [0.25, 0.3) is 11.8 Å². The third kappa shape index (κ3) is 3.43. The van der Waals surface area contributed by atoms with Crippen LogP contribution in [0.2, 0.25) is 0 Å². The Morgan fingerprint density at radius 2 is 2.17 bits per heavy atom. The first kappa shape index (κ1) is 15.7. The average Bonchev–Trinajstić information content (AvgIpc) is 3.24. The van der Waals surface area contributed by atoms with Gasteiger partial charge in [-0.05, 0) is 49.4 Å². The Labute approximate surface area is 139 Å². The number of aromatic amines is 1. The predicted molar refractivity (Wildman–Crippen MR) is 87.5 cm³/mol. The van der Waals surface area contributed by atoms with Crippen LogP contribution in [0.15, 0.2) is 24.4 Å². The summed E-state index contributed by atoms with van der Waals surface area (Å²) in [5, 5.41) is 21.1. The molecule has 0 atom stereocenters. The molecule has 0 unspecified atom stereocenters. The molecule has 1 aromatic heterocycles. The van der Waals surface area contributed by atoms with Crippen LogP contribution in [0, 0.1) is 24.2 Å². The Balaban J connectivity index is 1.89. The van der Waals surface area contributed by atoms with E-state index in [1.807, 2.05) is 6.07 Å². The minimum Gasteiger partial charge on any atom is -0.352 e. The van der Waals surface area contributed by atoms with Crippen molar-refractivity contribution in [3.8, 4) is 6.07 Å². The van der Waals surface area contributed by atoms with Crippen LogP contribution < -0.4 is 10.6 Å². The van der Waals surface area contributed by atoms with E-state index in [4.69, 9.17) is 5.26 Å². The molecule has 7 heteroatoms.